The van der Waals surface area contributed by atoms with E-state index in [-0.39, 0.29) is 17.9 Å². The highest BCUT2D eigenvalue weighted by molar-refractivity contribution is 6.07. The summed E-state index contributed by atoms with van der Waals surface area (Å²) < 4.78 is 17.3. The monoisotopic (exact) mass is 473 g/mol. The Labute approximate surface area is 202 Å². The lowest BCUT2D eigenvalue weighted by Gasteiger charge is -2.24. The molecule has 2 aromatic carbocycles. The van der Waals surface area contributed by atoms with Gasteiger partial charge in [0.25, 0.3) is 11.8 Å². The van der Waals surface area contributed by atoms with E-state index in [1.54, 1.807) is 51.5 Å². The molecule has 0 radical (unpaired) electrons. The number of fused-ring (bicyclic) bond motifs is 2. The van der Waals surface area contributed by atoms with Gasteiger partial charge in [-0.25, -0.2) is 0 Å². The Hall–Kier alpha value is -3.91. The van der Waals surface area contributed by atoms with Crippen LogP contribution in [0.5, 0.6) is 11.5 Å². The van der Waals surface area contributed by atoms with Gasteiger partial charge in [0.1, 0.15) is 22.8 Å². The first-order valence-electron chi connectivity index (χ1n) is 11.6. The maximum Gasteiger partial charge on any atom is 0.255 e. The fourth-order valence-electron chi connectivity index (χ4n) is 4.78. The second-order valence-corrected chi connectivity index (χ2v) is 8.66. The second-order valence-electron chi connectivity index (χ2n) is 8.66. The van der Waals surface area contributed by atoms with Crippen molar-refractivity contribution >= 4 is 33.7 Å². The minimum atomic E-state index is -0.192. The SMILES string of the molecule is CNC(=O)c1c(C)oc2cc(Oc3ccnc4cc(C(=O)N5CCC[C@H]5COC)ccc34)ccc12. The maximum absolute atomic E-state index is 13.1. The first-order valence-corrected chi connectivity index (χ1v) is 11.6. The highest BCUT2D eigenvalue weighted by atomic mass is 16.5. The Bertz CT molecular complexity index is 1430. The third-order valence-corrected chi connectivity index (χ3v) is 6.47. The van der Waals surface area contributed by atoms with E-state index >= 15 is 0 Å². The van der Waals surface area contributed by atoms with E-state index < -0.39 is 0 Å². The third-order valence-electron chi connectivity index (χ3n) is 6.47. The van der Waals surface area contributed by atoms with E-state index in [2.05, 4.69) is 10.3 Å². The van der Waals surface area contributed by atoms with E-state index in [4.69, 9.17) is 13.9 Å². The van der Waals surface area contributed by atoms with Crippen LogP contribution in [-0.4, -0.2) is 55.0 Å². The lowest BCUT2D eigenvalue weighted by molar-refractivity contribution is 0.0630. The number of aryl methyl sites for hydroxylation is 1. The summed E-state index contributed by atoms with van der Waals surface area (Å²) in [6, 6.07) is 12.8. The number of nitrogens with one attached hydrogen (secondary N) is 1. The number of ether oxygens (including phenoxy) is 2. The van der Waals surface area contributed by atoms with Gasteiger partial charge in [0.05, 0.1) is 23.7 Å². The fourth-order valence-corrected chi connectivity index (χ4v) is 4.78. The molecule has 1 saturated heterocycles. The number of hydrogen-bond donors (Lipinski definition) is 1. The largest absolute Gasteiger partial charge is 0.460 e. The lowest BCUT2D eigenvalue weighted by atomic mass is 10.1. The molecule has 1 N–H and O–H groups in total. The van der Waals surface area contributed by atoms with E-state index in [0.29, 0.717) is 46.1 Å². The number of pyridine rings is 1. The smallest absolute Gasteiger partial charge is 0.255 e. The molecule has 0 spiro atoms. The van der Waals surface area contributed by atoms with Gasteiger partial charge in [-0.1, -0.05) is 0 Å². The highest BCUT2D eigenvalue weighted by Crippen LogP contribution is 2.34. The van der Waals surface area contributed by atoms with Gasteiger partial charge in [0, 0.05) is 49.3 Å². The molecule has 5 rings (SSSR count). The van der Waals surface area contributed by atoms with Gasteiger partial charge >= 0.3 is 0 Å². The van der Waals surface area contributed by atoms with Crippen LogP contribution in [-0.2, 0) is 4.74 Å². The molecule has 8 heteroatoms. The number of methoxy groups -OCH3 is 1. The summed E-state index contributed by atoms with van der Waals surface area (Å²) in [5, 5.41) is 4.16. The van der Waals surface area contributed by atoms with E-state index in [1.165, 1.54) is 0 Å². The lowest BCUT2D eigenvalue weighted by Crippen LogP contribution is -2.38. The molecule has 35 heavy (non-hydrogen) atoms. The molecular formula is C27H27N3O5. The normalized spacial score (nSPS) is 15.6. The van der Waals surface area contributed by atoms with Crippen molar-refractivity contribution in [2.45, 2.75) is 25.8 Å². The molecular weight excluding hydrogens is 446 g/mol. The molecule has 2 amide bonds. The molecule has 0 unspecified atom stereocenters. The molecule has 1 fully saturated rings. The number of amides is 2. The molecule has 0 saturated carbocycles. The molecule has 1 aliphatic rings. The van der Waals surface area contributed by atoms with Crippen LogP contribution in [0.4, 0.5) is 0 Å². The van der Waals surface area contributed by atoms with Gasteiger partial charge in [0.15, 0.2) is 0 Å². The zero-order chi connectivity index (χ0) is 24.5. The number of benzene rings is 2. The summed E-state index contributed by atoms with van der Waals surface area (Å²) >= 11 is 0. The van der Waals surface area contributed by atoms with Gasteiger partial charge in [-0.2, -0.15) is 0 Å². The number of rotatable bonds is 6. The van der Waals surface area contributed by atoms with E-state index in [0.717, 1.165) is 30.2 Å². The van der Waals surface area contributed by atoms with Crippen molar-refractivity contribution in [2.24, 2.45) is 0 Å². The maximum atomic E-state index is 13.1. The Morgan fingerprint density at radius 3 is 2.80 bits per heavy atom. The summed E-state index contributed by atoms with van der Waals surface area (Å²) in [6.07, 6.45) is 3.59. The average molecular weight is 474 g/mol. The topological polar surface area (TPSA) is 93.9 Å². The molecule has 0 bridgehead atoms. The van der Waals surface area contributed by atoms with Crippen LogP contribution in [0.3, 0.4) is 0 Å². The first kappa shape index (κ1) is 22.9. The van der Waals surface area contributed by atoms with Crippen molar-refractivity contribution in [3.8, 4) is 11.5 Å². The Morgan fingerprint density at radius 2 is 2.00 bits per heavy atom. The van der Waals surface area contributed by atoms with Gasteiger partial charge in [-0.3, -0.25) is 14.6 Å². The minimum Gasteiger partial charge on any atom is -0.460 e. The van der Waals surface area contributed by atoms with Crippen LogP contribution in [0.2, 0.25) is 0 Å². The van der Waals surface area contributed by atoms with Crippen molar-refractivity contribution < 1.29 is 23.5 Å². The number of nitrogens with zero attached hydrogens (tertiary/aromatic N) is 2. The molecule has 180 valence electrons. The molecule has 2 aromatic heterocycles. The molecule has 4 aromatic rings. The summed E-state index contributed by atoms with van der Waals surface area (Å²) in [5.74, 6) is 1.53. The zero-order valence-corrected chi connectivity index (χ0v) is 20.0. The van der Waals surface area contributed by atoms with Crippen LogP contribution in [0.1, 0.15) is 39.3 Å². The molecule has 1 aliphatic heterocycles. The quantitative estimate of drug-likeness (QED) is 0.437. The van der Waals surface area contributed by atoms with Crippen molar-refractivity contribution in [3.05, 3.63) is 65.5 Å². The highest BCUT2D eigenvalue weighted by Gasteiger charge is 2.29. The number of aromatic nitrogens is 1. The predicted molar refractivity (Wildman–Crippen MR) is 132 cm³/mol. The van der Waals surface area contributed by atoms with Crippen molar-refractivity contribution in [3.63, 3.8) is 0 Å². The number of hydrogen-bond acceptors (Lipinski definition) is 6. The van der Waals surface area contributed by atoms with Crippen LogP contribution in [0.25, 0.3) is 21.9 Å². The first-order chi connectivity index (χ1) is 17.0. The van der Waals surface area contributed by atoms with Gasteiger partial charge < -0.3 is 24.1 Å². The van der Waals surface area contributed by atoms with Gasteiger partial charge in [0.2, 0.25) is 0 Å². The summed E-state index contributed by atoms with van der Waals surface area (Å²) in [7, 11) is 3.25. The molecule has 3 heterocycles. The Balaban J connectivity index is 1.43. The van der Waals surface area contributed by atoms with Gasteiger partial charge in [-0.15, -0.1) is 0 Å². The number of carbonyl (C=O) groups excluding carboxylic acids is 2. The number of likely N-dealkylation sites (tertiary alicyclic amines) is 1. The number of carbonyl (C=O) groups is 2. The second kappa shape index (κ2) is 9.38. The minimum absolute atomic E-state index is 0.00914. The molecule has 8 nitrogen and oxygen atoms in total. The van der Waals surface area contributed by atoms with Crippen LogP contribution in [0, 0.1) is 6.92 Å². The van der Waals surface area contributed by atoms with Crippen LogP contribution in [0.15, 0.2) is 53.1 Å². The van der Waals surface area contributed by atoms with Gasteiger partial charge in [-0.05, 0) is 56.2 Å². The molecule has 0 aliphatic carbocycles. The molecule has 1 atom stereocenters. The van der Waals surface area contributed by atoms with Crippen LogP contribution < -0.4 is 10.1 Å². The standard InChI is InChI=1S/C27H27N3O5/c1-16-25(26(31)28-2)21-9-7-19(14-24(21)34-16)35-23-10-11-29-22-13-17(6-8-20(22)23)27(32)30-12-4-5-18(30)15-33-3/h6-11,13-14,18H,4-5,12,15H2,1-3H3,(H,28,31)/t18-/m0/s1. The average Bonchev–Trinajstić information content (AvgIpc) is 3.46. The summed E-state index contributed by atoms with van der Waals surface area (Å²) in [6.45, 7) is 3.04. The Morgan fingerprint density at radius 1 is 1.17 bits per heavy atom. The van der Waals surface area contributed by atoms with Crippen molar-refractivity contribution in [1.82, 2.24) is 15.2 Å². The summed E-state index contributed by atoms with van der Waals surface area (Å²) in [4.78, 5) is 31.7. The van der Waals surface area contributed by atoms with E-state index in [9.17, 15) is 9.59 Å². The Kier molecular flexibility index (Phi) is 6.13. The predicted octanol–water partition coefficient (Wildman–Crippen LogP) is 4.69. The third kappa shape index (κ3) is 4.21. The zero-order valence-electron chi connectivity index (χ0n) is 20.0. The summed E-state index contributed by atoms with van der Waals surface area (Å²) in [5.41, 5.74) is 2.36. The van der Waals surface area contributed by atoms with Crippen molar-refractivity contribution in [2.75, 3.05) is 27.3 Å². The van der Waals surface area contributed by atoms with Crippen molar-refractivity contribution in [1.29, 1.82) is 0 Å². The van der Waals surface area contributed by atoms with E-state index in [1.807, 2.05) is 23.1 Å². The number of furan rings is 1. The fraction of sp³-hybridized carbons (Fsp3) is 0.296. The van der Waals surface area contributed by atoms with Crippen LogP contribution >= 0.6 is 0 Å².